The lowest BCUT2D eigenvalue weighted by molar-refractivity contribution is 0.0247. The van der Waals surface area contributed by atoms with Crippen molar-refractivity contribution < 1.29 is 9.26 Å². The Morgan fingerprint density at radius 1 is 1.15 bits per heavy atom. The molecule has 2 N–H and O–H groups in total. The number of ether oxygens (including phenoxy) is 1. The number of pyridine rings is 2. The first-order valence-electron chi connectivity index (χ1n) is 14.7. The highest BCUT2D eigenvalue weighted by Gasteiger charge is 2.39. The van der Waals surface area contributed by atoms with Crippen molar-refractivity contribution in [1.82, 2.24) is 29.7 Å². The summed E-state index contributed by atoms with van der Waals surface area (Å²) < 4.78 is 13.4. The van der Waals surface area contributed by atoms with Gasteiger partial charge in [0, 0.05) is 31.9 Å². The van der Waals surface area contributed by atoms with E-state index in [1.54, 1.807) is 6.20 Å². The molecule has 0 unspecified atom stereocenters. The maximum Gasteiger partial charge on any atom is 0.439 e. The lowest BCUT2D eigenvalue weighted by Gasteiger charge is -2.39. The van der Waals surface area contributed by atoms with Gasteiger partial charge in [0.1, 0.15) is 17.2 Å². The van der Waals surface area contributed by atoms with E-state index in [0.717, 1.165) is 60.8 Å². The van der Waals surface area contributed by atoms with Gasteiger partial charge in [0.25, 0.3) is 0 Å². The smallest absolute Gasteiger partial charge is 0.374 e. The topological polar surface area (TPSA) is 127 Å². The van der Waals surface area contributed by atoms with Gasteiger partial charge in [-0.1, -0.05) is 36.5 Å². The number of nitrogens with one attached hydrogen (secondary N) is 2. The van der Waals surface area contributed by atoms with Crippen molar-refractivity contribution >= 4 is 34.4 Å². The molecule has 12 heteroatoms. The number of aromatic amines is 1. The Hall–Kier alpha value is -3.44. The van der Waals surface area contributed by atoms with E-state index in [1.807, 2.05) is 19.2 Å². The minimum Gasteiger partial charge on any atom is -0.374 e. The number of fused-ring (bicyclic) bond motifs is 2. The van der Waals surface area contributed by atoms with Gasteiger partial charge < -0.3 is 19.5 Å². The van der Waals surface area contributed by atoms with Crippen LogP contribution in [-0.4, -0.2) is 62.0 Å². The van der Waals surface area contributed by atoms with E-state index in [9.17, 15) is 4.79 Å². The number of hydrogen-bond acceptors (Lipinski definition) is 9. The number of hydrogen-bond donors (Lipinski definition) is 2. The van der Waals surface area contributed by atoms with Crippen LogP contribution in [0, 0.1) is 11.8 Å². The molecule has 7 rings (SSSR count). The van der Waals surface area contributed by atoms with Crippen LogP contribution in [-0.2, 0) is 11.3 Å². The predicted octanol–water partition coefficient (Wildman–Crippen LogP) is 5.12. The lowest BCUT2D eigenvalue weighted by atomic mass is 9.83. The Balaban J connectivity index is 1.47. The van der Waals surface area contributed by atoms with Crippen LogP contribution < -0.4 is 16.0 Å². The SMILES string of the molecule is CNc1ncc(Cl)cc1-c1nc(-c2noc(=O)[nH]2)cc2nc(N3CCO[C@H]4CCC[C@@H]43)n(CC3CCC(C)CC3)c12. The zero-order valence-corrected chi connectivity index (χ0v) is 24.2. The van der Waals surface area contributed by atoms with E-state index in [4.69, 9.17) is 30.8 Å². The highest BCUT2D eigenvalue weighted by molar-refractivity contribution is 6.30. The van der Waals surface area contributed by atoms with Gasteiger partial charge in [0.2, 0.25) is 11.8 Å². The maximum atomic E-state index is 11.9. The van der Waals surface area contributed by atoms with Crippen LogP contribution >= 0.6 is 11.6 Å². The standard InChI is InChI=1S/C29H35ClN8O3/c1-16-6-8-17(9-7-16)15-38-25-20(34-28(38)37-10-11-40-23-5-3-4-22(23)37)13-21(27-35-29(39)41-36-27)33-24(25)19-12-18(30)14-32-26(19)31-2/h12-14,16-17,22-23H,3-11,15H2,1-2H3,(H,31,32)(H,35,36,39)/t16?,17?,22-,23-/m0/s1. The van der Waals surface area contributed by atoms with Gasteiger partial charge in [-0.3, -0.25) is 9.51 Å². The molecule has 4 aromatic rings. The zero-order chi connectivity index (χ0) is 28.1. The Morgan fingerprint density at radius 3 is 2.78 bits per heavy atom. The molecule has 11 nitrogen and oxygen atoms in total. The first-order chi connectivity index (χ1) is 20.0. The van der Waals surface area contributed by atoms with E-state index in [2.05, 4.69) is 36.8 Å². The van der Waals surface area contributed by atoms with Gasteiger partial charge in [-0.05, 0) is 56.1 Å². The van der Waals surface area contributed by atoms with E-state index in [1.165, 1.54) is 25.7 Å². The van der Waals surface area contributed by atoms with E-state index in [0.29, 0.717) is 40.8 Å². The maximum absolute atomic E-state index is 11.9. The molecule has 4 aromatic heterocycles. The Morgan fingerprint density at radius 2 is 2.00 bits per heavy atom. The van der Waals surface area contributed by atoms with Crippen molar-refractivity contribution in [3.63, 3.8) is 0 Å². The zero-order valence-electron chi connectivity index (χ0n) is 23.4. The number of aromatic nitrogens is 6. The Labute approximate surface area is 242 Å². The second kappa shape index (κ2) is 10.8. The summed E-state index contributed by atoms with van der Waals surface area (Å²) in [6.07, 6.45) is 10.0. The molecule has 216 valence electrons. The van der Waals surface area contributed by atoms with Crippen LogP contribution in [0.25, 0.3) is 33.8 Å². The molecular formula is C29H35ClN8O3. The Kier molecular flexibility index (Phi) is 6.94. The largest absolute Gasteiger partial charge is 0.439 e. The van der Waals surface area contributed by atoms with Crippen LogP contribution in [0.3, 0.4) is 0 Å². The summed E-state index contributed by atoms with van der Waals surface area (Å²) in [7, 11) is 1.83. The fourth-order valence-electron chi connectivity index (χ4n) is 6.95. The van der Waals surface area contributed by atoms with Crippen molar-refractivity contribution in [2.45, 2.75) is 70.6 Å². The van der Waals surface area contributed by atoms with Crippen molar-refractivity contribution in [1.29, 1.82) is 0 Å². The average Bonchev–Trinajstić information content (AvgIpc) is 3.72. The third-order valence-corrected chi connectivity index (χ3v) is 9.26. The highest BCUT2D eigenvalue weighted by atomic mass is 35.5. The first kappa shape index (κ1) is 26.5. The van der Waals surface area contributed by atoms with E-state index >= 15 is 0 Å². The second-order valence-electron chi connectivity index (χ2n) is 11.7. The van der Waals surface area contributed by atoms with Crippen molar-refractivity contribution in [2.24, 2.45) is 11.8 Å². The number of imidazole rings is 1. The molecule has 0 amide bonds. The molecule has 0 spiro atoms. The summed E-state index contributed by atoms with van der Waals surface area (Å²) in [6, 6.07) is 4.06. The van der Waals surface area contributed by atoms with Gasteiger partial charge in [-0.2, -0.15) is 0 Å². The molecule has 2 aliphatic carbocycles. The molecule has 1 aliphatic heterocycles. The summed E-state index contributed by atoms with van der Waals surface area (Å²) in [4.78, 5) is 31.9. The van der Waals surface area contributed by atoms with Crippen LogP contribution in [0.15, 0.2) is 27.6 Å². The van der Waals surface area contributed by atoms with Crippen molar-refractivity contribution in [3.05, 3.63) is 33.9 Å². The van der Waals surface area contributed by atoms with Crippen molar-refractivity contribution in [2.75, 3.05) is 30.4 Å². The second-order valence-corrected chi connectivity index (χ2v) is 12.2. The summed E-state index contributed by atoms with van der Waals surface area (Å²) in [5.41, 5.74) is 3.60. The molecule has 0 bridgehead atoms. The summed E-state index contributed by atoms with van der Waals surface area (Å²) in [6.45, 7) is 4.68. The summed E-state index contributed by atoms with van der Waals surface area (Å²) >= 11 is 6.49. The third-order valence-electron chi connectivity index (χ3n) is 9.05. The van der Waals surface area contributed by atoms with Crippen molar-refractivity contribution in [3.8, 4) is 22.8 Å². The fourth-order valence-corrected chi connectivity index (χ4v) is 7.11. The number of nitrogens with zero attached hydrogens (tertiary/aromatic N) is 6. The van der Waals surface area contributed by atoms with Gasteiger partial charge >= 0.3 is 5.76 Å². The highest BCUT2D eigenvalue weighted by Crippen LogP contribution is 2.41. The average molecular weight is 579 g/mol. The molecule has 0 aromatic carbocycles. The van der Waals surface area contributed by atoms with Crippen LogP contribution in [0.2, 0.25) is 5.02 Å². The number of anilines is 2. The molecule has 41 heavy (non-hydrogen) atoms. The predicted molar refractivity (Wildman–Crippen MR) is 157 cm³/mol. The normalized spacial score (nSPS) is 24.6. The number of halogens is 1. The molecule has 3 aliphatic rings. The minimum atomic E-state index is -0.637. The van der Waals surface area contributed by atoms with Crippen LogP contribution in [0.4, 0.5) is 11.8 Å². The van der Waals surface area contributed by atoms with Crippen LogP contribution in [0.5, 0.6) is 0 Å². The lowest BCUT2D eigenvalue weighted by Crippen LogP contribution is -2.49. The molecule has 5 heterocycles. The molecule has 2 saturated carbocycles. The van der Waals surface area contributed by atoms with Crippen LogP contribution in [0.1, 0.15) is 51.9 Å². The number of morpholine rings is 1. The van der Waals surface area contributed by atoms with Gasteiger partial charge in [-0.15, -0.1) is 0 Å². The molecule has 3 fully saturated rings. The fraction of sp³-hybridized carbons (Fsp3) is 0.552. The van der Waals surface area contributed by atoms with E-state index < -0.39 is 5.76 Å². The summed E-state index contributed by atoms with van der Waals surface area (Å²) in [5.74, 6) is 2.53. The minimum absolute atomic E-state index is 0.230. The first-order valence-corrected chi connectivity index (χ1v) is 15.1. The van der Waals surface area contributed by atoms with E-state index in [-0.39, 0.29) is 11.9 Å². The summed E-state index contributed by atoms with van der Waals surface area (Å²) in [5, 5.41) is 7.63. The molecule has 0 radical (unpaired) electrons. The molecule has 1 saturated heterocycles. The monoisotopic (exact) mass is 578 g/mol. The molecular weight excluding hydrogens is 544 g/mol. The Bertz CT molecular complexity index is 1620. The number of H-pyrrole nitrogens is 1. The van der Waals surface area contributed by atoms with Gasteiger partial charge in [0.15, 0.2) is 0 Å². The number of rotatable bonds is 6. The quantitative estimate of drug-likeness (QED) is 0.320. The third kappa shape index (κ3) is 4.88. The van der Waals surface area contributed by atoms with Gasteiger partial charge in [-0.25, -0.2) is 19.7 Å². The van der Waals surface area contributed by atoms with Gasteiger partial charge in [0.05, 0.1) is 34.8 Å². The molecule has 2 atom stereocenters.